The van der Waals surface area contributed by atoms with Crippen LogP contribution < -0.4 is 0 Å². The van der Waals surface area contributed by atoms with Crippen LogP contribution in [0.3, 0.4) is 0 Å². The van der Waals surface area contributed by atoms with E-state index in [2.05, 4.69) is 6.92 Å². The summed E-state index contributed by atoms with van der Waals surface area (Å²) in [6.07, 6.45) is 3.27. The summed E-state index contributed by atoms with van der Waals surface area (Å²) in [7, 11) is 1.53. The lowest BCUT2D eigenvalue weighted by Crippen LogP contribution is -2.49. The van der Waals surface area contributed by atoms with E-state index in [-0.39, 0.29) is 12.5 Å². The Kier molecular flexibility index (Phi) is 14.0. The second kappa shape index (κ2) is 14.4. The summed E-state index contributed by atoms with van der Waals surface area (Å²) in [4.78, 5) is 13.3. The van der Waals surface area contributed by atoms with Gasteiger partial charge in [-0.05, 0) is 6.42 Å². The van der Waals surface area contributed by atoms with Crippen molar-refractivity contribution in [2.45, 2.75) is 89.1 Å². The van der Waals surface area contributed by atoms with Crippen molar-refractivity contribution in [2.75, 3.05) is 20.2 Å². The highest BCUT2D eigenvalue weighted by atomic mass is 16.4. The third-order valence-electron chi connectivity index (χ3n) is 4.46. The number of aliphatic hydroxyl groups is 5. The molecule has 7 heteroatoms. The highest BCUT2D eigenvalue weighted by Crippen LogP contribution is 2.11. The Balaban J connectivity index is 3.93. The van der Waals surface area contributed by atoms with Crippen LogP contribution in [0.4, 0.5) is 0 Å². The number of carbonyl (C=O) groups excluding carboxylic acids is 1. The van der Waals surface area contributed by atoms with Crippen molar-refractivity contribution >= 4 is 5.91 Å². The monoisotopic (exact) mass is 363 g/mol. The molecule has 150 valence electrons. The molecule has 0 aromatic heterocycles. The Morgan fingerprint density at radius 3 is 1.84 bits per heavy atom. The molecule has 0 bridgehead atoms. The summed E-state index contributed by atoms with van der Waals surface area (Å²) in [5, 5.41) is 47.2. The summed E-state index contributed by atoms with van der Waals surface area (Å²) < 4.78 is 0. The molecule has 0 spiro atoms. The molecule has 1 amide bonds. The first kappa shape index (κ1) is 24.3. The number of hydrogen-bond donors (Lipinski definition) is 5. The number of nitrogens with zero attached hydrogens (tertiary/aromatic N) is 1. The quantitative estimate of drug-likeness (QED) is 0.269. The molecular weight excluding hydrogens is 326 g/mol. The first-order valence-corrected chi connectivity index (χ1v) is 9.42. The molecule has 0 saturated carbocycles. The zero-order valence-corrected chi connectivity index (χ0v) is 15.7. The lowest BCUT2D eigenvalue weighted by Gasteiger charge is -2.28. The standard InChI is InChI=1S/C18H37NO6/c1-3-4-5-6-7-8-9-10-11-16(23)19(2)12-14(21)17(24)18(25)15(22)13-20/h14-15,17-18,20-22,24-25H,3-13H2,1-2H3. The second-order valence-electron chi connectivity index (χ2n) is 6.80. The average Bonchev–Trinajstić information content (AvgIpc) is 2.61. The topological polar surface area (TPSA) is 121 Å². The first-order valence-electron chi connectivity index (χ1n) is 9.42. The van der Waals surface area contributed by atoms with E-state index in [4.69, 9.17) is 5.11 Å². The van der Waals surface area contributed by atoms with E-state index in [9.17, 15) is 25.2 Å². The van der Waals surface area contributed by atoms with Gasteiger partial charge in [0.1, 0.15) is 24.4 Å². The predicted octanol–water partition coefficient (Wildman–Crippen LogP) is 0.411. The van der Waals surface area contributed by atoms with Crippen molar-refractivity contribution < 1.29 is 30.3 Å². The number of likely N-dealkylation sites (N-methyl/N-ethyl adjacent to an activating group) is 1. The van der Waals surface area contributed by atoms with Crippen LogP contribution in [0.15, 0.2) is 0 Å². The van der Waals surface area contributed by atoms with Crippen LogP contribution in [-0.4, -0.2) is 81.0 Å². The molecule has 4 unspecified atom stereocenters. The van der Waals surface area contributed by atoms with E-state index in [0.717, 1.165) is 19.3 Å². The van der Waals surface area contributed by atoms with Crippen LogP contribution in [0.2, 0.25) is 0 Å². The number of carbonyl (C=O) groups is 1. The Hall–Kier alpha value is -0.730. The second-order valence-corrected chi connectivity index (χ2v) is 6.80. The highest BCUT2D eigenvalue weighted by Gasteiger charge is 2.31. The molecule has 0 saturated heterocycles. The Morgan fingerprint density at radius 2 is 1.32 bits per heavy atom. The highest BCUT2D eigenvalue weighted by molar-refractivity contribution is 5.75. The molecular formula is C18H37NO6. The number of hydrogen-bond acceptors (Lipinski definition) is 6. The van der Waals surface area contributed by atoms with E-state index in [1.807, 2.05) is 0 Å². The fourth-order valence-corrected chi connectivity index (χ4v) is 2.65. The van der Waals surface area contributed by atoms with Crippen molar-refractivity contribution in [3.63, 3.8) is 0 Å². The molecule has 0 aromatic rings. The fraction of sp³-hybridized carbons (Fsp3) is 0.944. The van der Waals surface area contributed by atoms with Gasteiger partial charge in [-0.25, -0.2) is 0 Å². The zero-order chi connectivity index (χ0) is 19.2. The number of rotatable bonds is 15. The zero-order valence-electron chi connectivity index (χ0n) is 15.7. The maximum atomic E-state index is 12.0. The third kappa shape index (κ3) is 10.8. The summed E-state index contributed by atoms with van der Waals surface area (Å²) in [5.74, 6) is -0.130. The summed E-state index contributed by atoms with van der Waals surface area (Å²) >= 11 is 0. The molecule has 4 atom stereocenters. The van der Waals surface area contributed by atoms with E-state index >= 15 is 0 Å². The molecule has 0 heterocycles. The van der Waals surface area contributed by atoms with Crippen molar-refractivity contribution in [1.29, 1.82) is 0 Å². The molecule has 0 fully saturated rings. The minimum Gasteiger partial charge on any atom is -0.394 e. The van der Waals surface area contributed by atoms with E-state index < -0.39 is 31.0 Å². The van der Waals surface area contributed by atoms with Gasteiger partial charge in [-0.3, -0.25) is 4.79 Å². The molecule has 0 aromatic carbocycles. The number of amides is 1. The van der Waals surface area contributed by atoms with Gasteiger partial charge in [0.05, 0.1) is 6.61 Å². The van der Waals surface area contributed by atoms with Gasteiger partial charge in [-0.2, -0.15) is 0 Å². The number of aliphatic hydroxyl groups excluding tert-OH is 5. The van der Waals surface area contributed by atoms with Crippen molar-refractivity contribution in [1.82, 2.24) is 4.90 Å². The maximum Gasteiger partial charge on any atom is 0.222 e. The van der Waals surface area contributed by atoms with E-state index in [0.29, 0.717) is 6.42 Å². The molecule has 0 aliphatic heterocycles. The smallest absolute Gasteiger partial charge is 0.222 e. The maximum absolute atomic E-state index is 12.0. The Morgan fingerprint density at radius 1 is 0.840 bits per heavy atom. The fourth-order valence-electron chi connectivity index (χ4n) is 2.65. The Labute approximate surface area is 151 Å². The molecule has 0 rings (SSSR count). The van der Waals surface area contributed by atoms with E-state index in [1.54, 1.807) is 0 Å². The van der Waals surface area contributed by atoms with Crippen LogP contribution in [0.1, 0.15) is 64.7 Å². The van der Waals surface area contributed by atoms with Crippen LogP contribution in [0, 0.1) is 0 Å². The largest absolute Gasteiger partial charge is 0.394 e. The number of unbranched alkanes of at least 4 members (excludes halogenated alkanes) is 7. The predicted molar refractivity (Wildman–Crippen MR) is 96.0 cm³/mol. The van der Waals surface area contributed by atoms with Gasteiger partial charge in [0.25, 0.3) is 0 Å². The van der Waals surface area contributed by atoms with Gasteiger partial charge in [0, 0.05) is 20.0 Å². The molecule has 7 nitrogen and oxygen atoms in total. The van der Waals surface area contributed by atoms with Gasteiger partial charge in [0.15, 0.2) is 0 Å². The van der Waals surface area contributed by atoms with Gasteiger partial charge < -0.3 is 30.4 Å². The summed E-state index contributed by atoms with van der Waals surface area (Å²) in [6.45, 7) is 1.32. The van der Waals surface area contributed by atoms with Crippen LogP contribution in [-0.2, 0) is 4.79 Å². The van der Waals surface area contributed by atoms with Gasteiger partial charge in [-0.15, -0.1) is 0 Å². The van der Waals surface area contributed by atoms with Gasteiger partial charge in [0.2, 0.25) is 5.91 Å². The van der Waals surface area contributed by atoms with Crippen LogP contribution in [0.25, 0.3) is 0 Å². The van der Waals surface area contributed by atoms with Crippen LogP contribution >= 0.6 is 0 Å². The minimum absolute atomic E-state index is 0.130. The van der Waals surface area contributed by atoms with Crippen molar-refractivity contribution in [2.24, 2.45) is 0 Å². The average molecular weight is 363 g/mol. The SMILES string of the molecule is CCCCCCCCCCC(=O)N(C)CC(O)C(O)C(O)C(O)CO. The van der Waals surface area contributed by atoms with Gasteiger partial charge in [-0.1, -0.05) is 51.9 Å². The van der Waals surface area contributed by atoms with Crippen molar-refractivity contribution in [3.05, 3.63) is 0 Å². The van der Waals surface area contributed by atoms with Crippen molar-refractivity contribution in [3.8, 4) is 0 Å². The summed E-state index contributed by atoms with van der Waals surface area (Å²) in [5.41, 5.74) is 0. The minimum atomic E-state index is -1.67. The molecule has 0 aliphatic carbocycles. The lowest BCUT2D eigenvalue weighted by atomic mass is 10.0. The van der Waals surface area contributed by atoms with Gasteiger partial charge >= 0.3 is 0 Å². The first-order chi connectivity index (χ1) is 11.8. The molecule has 25 heavy (non-hydrogen) atoms. The summed E-state index contributed by atoms with van der Waals surface area (Å²) in [6, 6.07) is 0. The Bertz CT molecular complexity index is 342. The molecule has 0 radical (unpaired) electrons. The van der Waals surface area contributed by atoms with Crippen LogP contribution in [0.5, 0.6) is 0 Å². The normalized spacial score (nSPS) is 16.3. The third-order valence-corrected chi connectivity index (χ3v) is 4.46. The molecule has 0 aliphatic rings. The van der Waals surface area contributed by atoms with E-state index in [1.165, 1.54) is 44.1 Å². The lowest BCUT2D eigenvalue weighted by molar-refractivity contribution is -0.138. The molecule has 5 N–H and O–H groups in total.